The third-order valence-electron chi connectivity index (χ3n) is 5.94. The van der Waals surface area contributed by atoms with Gasteiger partial charge in [0.2, 0.25) is 5.91 Å². The lowest BCUT2D eigenvalue weighted by Gasteiger charge is -2.28. The lowest BCUT2D eigenvalue weighted by atomic mass is 9.85. The number of carbonyl (C=O) groups excluding carboxylic acids is 1. The molecule has 2 aliphatic rings. The van der Waals surface area contributed by atoms with Gasteiger partial charge >= 0.3 is 5.69 Å². The first-order chi connectivity index (χ1) is 14.6. The fourth-order valence-electron chi connectivity index (χ4n) is 4.44. The second kappa shape index (κ2) is 7.83. The minimum atomic E-state index is -0.0962. The number of halogens is 1. The SMILES string of the molecule is O=C(Nc1ccc2c(c1)OCCO2)C1CCC(n2c(=O)[nH]c3c(Br)cccc32)CC1. The van der Waals surface area contributed by atoms with Crippen molar-refractivity contribution < 1.29 is 14.3 Å². The van der Waals surface area contributed by atoms with Crippen molar-refractivity contribution in [2.24, 2.45) is 5.92 Å². The molecule has 0 unspecified atom stereocenters. The number of rotatable bonds is 3. The summed E-state index contributed by atoms with van der Waals surface area (Å²) in [5, 5.41) is 3.00. The van der Waals surface area contributed by atoms with Crippen LogP contribution in [0.4, 0.5) is 5.69 Å². The van der Waals surface area contributed by atoms with Gasteiger partial charge in [0.1, 0.15) is 13.2 Å². The van der Waals surface area contributed by atoms with Crippen LogP contribution < -0.4 is 20.5 Å². The number of aromatic amines is 1. The molecule has 1 amide bonds. The minimum absolute atomic E-state index is 0.0131. The first-order valence-electron chi connectivity index (χ1n) is 10.2. The second-order valence-corrected chi connectivity index (χ2v) is 8.64. The van der Waals surface area contributed by atoms with Gasteiger partial charge in [-0.15, -0.1) is 0 Å². The molecule has 1 aliphatic heterocycles. The molecule has 0 radical (unpaired) electrons. The molecular weight excluding hydrogens is 450 g/mol. The predicted octanol–water partition coefficient (Wildman–Crippen LogP) is 4.23. The summed E-state index contributed by atoms with van der Waals surface area (Å²) in [5.74, 6) is 1.31. The number of hydrogen-bond acceptors (Lipinski definition) is 4. The molecule has 0 atom stereocenters. The number of H-pyrrole nitrogens is 1. The van der Waals surface area contributed by atoms with Crippen LogP contribution >= 0.6 is 15.9 Å². The fourth-order valence-corrected chi connectivity index (χ4v) is 4.89. The molecule has 0 bridgehead atoms. The molecule has 8 heteroatoms. The standard InChI is InChI=1S/C22H22BrN3O4/c23-16-2-1-3-17-20(16)25-22(28)26(17)15-7-4-13(5-8-15)21(27)24-14-6-9-18-19(12-14)30-11-10-29-18/h1-3,6,9,12-13,15H,4-5,7-8,10-11H2,(H,24,27)(H,25,28). The number of hydrogen-bond donors (Lipinski definition) is 2. The number of nitrogens with one attached hydrogen (secondary N) is 2. The molecule has 3 aromatic rings. The number of imidazole rings is 1. The summed E-state index contributed by atoms with van der Waals surface area (Å²) in [6.45, 7) is 1.05. The molecule has 1 fully saturated rings. The molecule has 1 aliphatic carbocycles. The van der Waals surface area contributed by atoms with Gasteiger partial charge in [-0.05, 0) is 65.9 Å². The zero-order valence-corrected chi connectivity index (χ0v) is 17.9. The predicted molar refractivity (Wildman–Crippen MR) is 117 cm³/mol. The van der Waals surface area contributed by atoms with Gasteiger partial charge in [0.05, 0.1) is 11.0 Å². The van der Waals surface area contributed by atoms with Gasteiger partial charge in [-0.25, -0.2) is 4.79 Å². The summed E-state index contributed by atoms with van der Waals surface area (Å²) in [6, 6.07) is 11.4. The zero-order valence-electron chi connectivity index (χ0n) is 16.3. The number of ether oxygens (including phenoxy) is 2. The summed E-state index contributed by atoms with van der Waals surface area (Å²) in [6.07, 6.45) is 3.07. The van der Waals surface area contributed by atoms with E-state index in [0.717, 1.165) is 41.2 Å². The molecule has 156 valence electrons. The maximum Gasteiger partial charge on any atom is 0.326 e. The molecule has 7 nitrogen and oxygen atoms in total. The van der Waals surface area contributed by atoms with E-state index in [1.54, 1.807) is 6.07 Å². The van der Waals surface area contributed by atoms with Crippen molar-refractivity contribution >= 4 is 38.6 Å². The average Bonchev–Trinajstić information content (AvgIpc) is 3.11. The molecular formula is C22H22BrN3O4. The van der Waals surface area contributed by atoms with Crippen molar-refractivity contribution in [2.75, 3.05) is 18.5 Å². The van der Waals surface area contributed by atoms with E-state index in [0.29, 0.717) is 30.4 Å². The van der Waals surface area contributed by atoms with Gasteiger partial charge in [-0.2, -0.15) is 0 Å². The van der Waals surface area contributed by atoms with Gasteiger partial charge in [0.25, 0.3) is 0 Å². The van der Waals surface area contributed by atoms with Crippen LogP contribution in [0.2, 0.25) is 0 Å². The highest BCUT2D eigenvalue weighted by Crippen LogP contribution is 2.36. The van der Waals surface area contributed by atoms with Crippen LogP contribution in [0.15, 0.2) is 45.7 Å². The summed E-state index contributed by atoms with van der Waals surface area (Å²) in [5.41, 5.74) is 2.34. The van der Waals surface area contributed by atoms with Crippen LogP contribution in [0.25, 0.3) is 11.0 Å². The molecule has 2 aromatic carbocycles. The van der Waals surface area contributed by atoms with Crippen molar-refractivity contribution in [2.45, 2.75) is 31.7 Å². The monoisotopic (exact) mass is 471 g/mol. The summed E-state index contributed by atoms with van der Waals surface area (Å²) >= 11 is 3.50. The van der Waals surface area contributed by atoms with E-state index in [-0.39, 0.29) is 23.6 Å². The van der Waals surface area contributed by atoms with E-state index >= 15 is 0 Å². The van der Waals surface area contributed by atoms with Gasteiger partial charge in [-0.1, -0.05) is 6.07 Å². The molecule has 0 saturated heterocycles. The molecule has 5 rings (SSSR count). The zero-order chi connectivity index (χ0) is 20.7. The lowest BCUT2D eigenvalue weighted by molar-refractivity contribution is -0.121. The highest BCUT2D eigenvalue weighted by molar-refractivity contribution is 9.10. The third-order valence-corrected chi connectivity index (χ3v) is 6.61. The fraction of sp³-hybridized carbons (Fsp3) is 0.364. The second-order valence-electron chi connectivity index (χ2n) is 7.79. The minimum Gasteiger partial charge on any atom is -0.486 e. The third kappa shape index (κ3) is 3.49. The number of fused-ring (bicyclic) bond motifs is 2. The Labute approximate surface area is 181 Å². The summed E-state index contributed by atoms with van der Waals surface area (Å²) < 4.78 is 13.8. The number of carbonyl (C=O) groups is 1. The van der Waals surface area contributed by atoms with Crippen LogP contribution in [0, 0.1) is 5.92 Å². The summed E-state index contributed by atoms with van der Waals surface area (Å²) in [7, 11) is 0. The van der Waals surface area contributed by atoms with Crippen LogP contribution in [0.1, 0.15) is 31.7 Å². The quantitative estimate of drug-likeness (QED) is 0.598. The number of nitrogens with zero attached hydrogens (tertiary/aromatic N) is 1. The van der Waals surface area contributed by atoms with E-state index in [9.17, 15) is 9.59 Å². The highest BCUT2D eigenvalue weighted by atomic mass is 79.9. The molecule has 0 spiro atoms. The van der Waals surface area contributed by atoms with Crippen LogP contribution in [0.3, 0.4) is 0 Å². The normalized spacial score (nSPS) is 20.8. The average molecular weight is 472 g/mol. The van der Waals surface area contributed by atoms with E-state index in [2.05, 4.69) is 26.2 Å². The number of amides is 1. The van der Waals surface area contributed by atoms with Crippen LogP contribution in [0.5, 0.6) is 11.5 Å². The van der Waals surface area contributed by atoms with Crippen molar-refractivity contribution in [3.8, 4) is 11.5 Å². The first kappa shape index (κ1) is 19.2. The Morgan fingerprint density at radius 1 is 1.07 bits per heavy atom. The Hall–Kier alpha value is -2.74. The molecule has 2 heterocycles. The Kier molecular flexibility index (Phi) is 5.02. The Morgan fingerprint density at radius 3 is 2.63 bits per heavy atom. The van der Waals surface area contributed by atoms with E-state index < -0.39 is 0 Å². The maximum atomic E-state index is 12.8. The van der Waals surface area contributed by atoms with Gasteiger partial charge in [-0.3, -0.25) is 9.36 Å². The van der Waals surface area contributed by atoms with Crippen LogP contribution in [-0.4, -0.2) is 28.7 Å². The van der Waals surface area contributed by atoms with Crippen LogP contribution in [-0.2, 0) is 4.79 Å². The van der Waals surface area contributed by atoms with Crippen molar-refractivity contribution in [3.05, 3.63) is 51.4 Å². The number of benzene rings is 2. The summed E-state index contributed by atoms with van der Waals surface area (Å²) in [4.78, 5) is 28.3. The first-order valence-corrected chi connectivity index (χ1v) is 11.0. The van der Waals surface area contributed by atoms with E-state index in [1.165, 1.54) is 0 Å². The Balaban J connectivity index is 1.26. The van der Waals surface area contributed by atoms with Gasteiger partial charge in [0.15, 0.2) is 11.5 Å². The molecule has 1 saturated carbocycles. The largest absolute Gasteiger partial charge is 0.486 e. The Morgan fingerprint density at radius 2 is 1.83 bits per heavy atom. The molecule has 2 N–H and O–H groups in total. The lowest BCUT2D eigenvalue weighted by Crippen LogP contribution is -2.31. The van der Waals surface area contributed by atoms with Gasteiger partial charge < -0.3 is 19.8 Å². The smallest absolute Gasteiger partial charge is 0.326 e. The number of aromatic nitrogens is 2. The molecule has 30 heavy (non-hydrogen) atoms. The van der Waals surface area contributed by atoms with Crippen molar-refractivity contribution in [3.63, 3.8) is 0 Å². The maximum absolute atomic E-state index is 12.8. The van der Waals surface area contributed by atoms with E-state index in [1.807, 2.05) is 34.9 Å². The number of para-hydroxylation sites is 1. The van der Waals surface area contributed by atoms with Gasteiger partial charge in [0, 0.05) is 28.2 Å². The van der Waals surface area contributed by atoms with Crippen molar-refractivity contribution in [1.29, 1.82) is 0 Å². The molecule has 1 aromatic heterocycles. The number of anilines is 1. The van der Waals surface area contributed by atoms with E-state index in [4.69, 9.17) is 9.47 Å². The Bertz CT molecular complexity index is 1160. The van der Waals surface area contributed by atoms with Crippen molar-refractivity contribution in [1.82, 2.24) is 9.55 Å². The highest BCUT2D eigenvalue weighted by Gasteiger charge is 2.29. The topological polar surface area (TPSA) is 85.3 Å².